The minimum atomic E-state index is -0.826. The van der Waals surface area contributed by atoms with E-state index in [0.29, 0.717) is 0 Å². The summed E-state index contributed by atoms with van der Waals surface area (Å²) in [5.41, 5.74) is 0. The topological polar surface area (TPSA) is 27.7 Å². The molecule has 0 rings (SSSR count). The highest BCUT2D eigenvalue weighted by Gasteiger charge is 2.33. The molecule has 0 heterocycles. The molecular formula is C25H51ClO3. The smallest absolute Gasteiger partial charge is 0.282 e. The molecule has 176 valence electrons. The zero-order valence-corrected chi connectivity index (χ0v) is 20.7. The van der Waals surface area contributed by atoms with Crippen LogP contribution in [0.4, 0.5) is 0 Å². The molecule has 0 saturated carbocycles. The predicted molar refractivity (Wildman–Crippen MR) is 127 cm³/mol. The average molecular weight is 435 g/mol. The summed E-state index contributed by atoms with van der Waals surface area (Å²) in [6.45, 7) is 8.87. The molecule has 0 N–H and O–H groups in total. The Morgan fingerprint density at radius 1 is 0.483 bits per heavy atom. The Bertz CT molecular complexity index is 281. The summed E-state index contributed by atoms with van der Waals surface area (Å²) in [7, 11) is 0. The largest absolute Gasteiger partial charge is 0.327 e. The van der Waals surface area contributed by atoms with E-state index in [1.54, 1.807) is 0 Å². The van der Waals surface area contributed by atoms with Crippen molar-refractivity contribution in [3.05, 3.63) is 0 Å². The highest BCUT2D eigenvalue weighted by atomic mass is 35.5. The van der Waals surface area contributed by atoms with E-state index >= 15 is 0 Å². The van der Waals surface area contributed by atoms with Gasteiger partial charge in [0.15, 0.2) is 0 Å². The van der Waals surface area contributed by atoms with Gasteiger partial charge in [-0.15, -0.1) is 11.6 Å². The maximum absolute atomic E-state index is 6.29. The van der Waals surface area contributed by atoms with Crippen LogP contribution in [0.3, 0.4) is 0 Å². The van der Waals surface area contributed by atoms with Crippen molar-refractivity contribution in [1.82, 2.24) is 0 Å². The van der Waals surface area contributed by atoms with Crippen LogP contribution in [-0.4, -0.2) is 31.7 Å². The molecule has 0 amide bonds. The molecule has 0 aliphatic rings. The molecule has 0 aromatic rings. The van der Waals surface area contributed by atoms with E-state index in [4.69, 9.17) is 25.8 Å². The van der Waals surface area contributed by atoms with Crippen molar-refractivity contribution in [2.45, 2.75) is 136 Å². The van der Waals surface area contributed by atoms with E-state index in [0.717, 1.165) is 64.2 Å². The van der Waals surface area contributed by atoms with E-state index in [1.807, 2.05) is 0 Å². The van der Waals surface area contributed by atoms with Gasteiger partial charge in [-0.05, 0) is 32.1 Å². The second-order valence-corrected chi connectivity index (χ2v) is 8.64. The van der Waals surface area contributed by atoms with E-state index < -0.39 is 5.97 Å². The Morgan fingerprint density at radius 2 is 0.862 bits per heavy atom. The third-order valence-electron chi connectivity index (χ3n) is 5.33. The zero-order chi connectivity index (χ0) is 21.5. The molecular weight excluding hydrogens is 384 g/mol. The summed E-state index contributed by atoms with van der Waals surface area (Å²) in [5, 5.41) is 0. The molecule has 0 atom stereocenters. The third-order valence-corrected chi connectivity index (χ3v) is 5.59. The second kappa shape index (κ2) is 22.8. The van der Waals surface area contributed by atoms with Gasteiger partial charge in [0.1, 0.15) is 0 Å². The van der Waals surface area contributed by atoms with Gasteiger partial charge >= 0.3 is 0 Å². The van der Waals surface area contributed by atoms with Crippen molar-refractivity contribution >= 4 is 11.6 Å². The monoisotopic (exact) mass is 434 g/mol. The Labute approximate surface area is 187 Å². The van der Waals surface area contributed by atoms with Gasteiger partial charge in [0, 0.05) is 12.3 Å². The van der Waals surface area contributed by atoms with Crippen LogP contribution in [0.25, 0.3) is 0 Å². The van der Waals surface area contributed by atoms with Gasteiger partial charge in [0.25, 0.3) is 5.97 Å². The Hall–Kier alpha value is 0.170. The SMILES string of the molecule is CCCCCOC(CCCCCCCCCCl)(OCCCCC)OCCCCC. The number of halogens is 1. The molecule has 4 heteroatoms. The molecule has 0 aromatic heterocycles. The Kier molecular flexibility index (Phi) is 23.0. The summed E-state index contributed by atoms with van der Waals surface area (Å²) in [6.07, 6.45) is 19.9. The minimum absolute atomic E-state index is 0.730. The summed E-state index contributed by atoms with van der Waals surface area (Å²) < 4.78 is 18.9. The average Bonchev–Trinajstić information content (AvgIpc) is 2.73. The number of hydrogen-bond acceptors (Lipinski definition) is 3. The van der Waals surface area contributed by atoms with Gasteiger partial charge in [-0.25, -0.2) is 0 Å². The zero-order valence-electron chi connectivity index (χ0n) is 20.0. The number of unbranched alkanes of at least 4 members (excludes halogenated alkanes) is 12. The van der Waals surface area contributed by atoms with Crippen LogP contribution in [0, 0.1) is 0 Å². The summed E-state index contributed by atoms with van der Waals surface area (Å²) >= 11 is 5.76. The fourth-order valence-corrected chi connectivity index (χ4v) is 3.59. The van der Waals surface area contributed by atoms with E-state index in [2.05, 4.69) is 20.8 Å². The first-order valence-corrected chi connectivity index (χ1v) is 13.3. The molecule has 0 spiro atoms. The van der Waals surface area contributed by atoms with Crippen LogP contribution >= 0.6 is 11.6 Å². The second-order valence-electron chi connectivity index (χ2n) is 8.26. The Balaban J connectivity index is 4.54. The number of alkyl halides is 1. The fraction of sp³-hybridized carbons (Fsp3) is 1.00. The van der Waals surface area contributed by atoms with Crippen molar-refractivity contribution in [3.63, 3.8) is 0 Å². The van der Waals surface area contributed by atoms with Crippen LogP contribution in [0.2, 0.25) is 0 Å². The molecule has 0 radical (unpaired) electrons. The van der Waals surface area contributed by atoms with Crippen LogP contribution in [0.1, 0.15) is 130 Å². The molecule has 0 bridgehead atoms. The van der Waals surface area contributed by atoms with Crippen molar-refractivity contribution in [2.24, 2.45) is 0 Å². The lowest BCUT2D eigenvalue weighted by Crippen LogP contribution is -2.40. The van der Waals surface area contributed by atoms with Gasteiger partial charge in [-0.2, -0.15) is 0 Å². The minimum Gasteiger partial charge on any atom is -0.327 e. The predicted octanol–water partition coefficient (Wildman–Crippen LogP) is 8.62. The van der Waals surface area contributed by atoms with Gasteiger partial charge in [0.05, 0.1) is 19.8 Å². The lowest BCUT2D eigenvalue weighted by molar-refractivity contribution is -0.384. The quantitative estimate of drug-likeness (QED) is 0.0863. The first kappa shape index (κ1) is 29.2. The summed E-state index contributed by atoms with van der Waals surface area (Å²) in [6, 6.07) is 0. The number of ether oxygens (including phenoxy) is 3. The standard InChI is InChI=1S/C25H51ClO3/c1-4-7-17-22-27-25(28-23-18-8-5-2,29-24-19-9-6-3)20-15-13-11-10-12-14-16-21-26/h4-24H2,1-3H3. The van der Waals surface area contributed by atoms with Crippen molar-refractivity contribution < 1.29 is 14.2 Å². The first-order chi connectivity index (χ1) is 14.2. The first-order valence-electron chi connectivity index (χ1n) is 12.7. The maximum atomic E-state index is 6.29. The molecule has 0 aromatic carbocycles. The number of hydrogen-bond donors (Lipinski definition) is 0. The van der Waals surface area contributed by atoms with E-state index in [-0.39, 0.29) is 0 Å². The van der Waals surface area contributed by atoms with Gasteiger partial charge in [0.2, 0.25) is 0 Å². The molecule has 0 saturated heterocycles. The summed E-state index contributed by atoms with van der Waals surface area (Å²) in [5.74, 6) is -0.0313. The molecule has 0 unspecified atom stereocenters. The highest BCUT2D eigenvalue weighted by Crippen LogP contribution is 2.26. The molecule has 0 aliphatic heterocycles. The van der Waals surface area contributed by atoms with Crippen LogP contribution < -0.4 is 0 Å². The van der Waals surface area contributed by atoms with E-state index in [9.17, 15) is 0 Å². The molecule has 29 heavy (non-hydrogen) atoms. The summed E-state index contributed by atoms with van der Waals surface area (Å²) in [4.78, 5) is 0. The molecule has 0 aliphatic carbocycles. The molecule has 3 nitrogen and oxygen atoms in total. The van der Waals surface area contributed by atoms with Crippen LogP contribution in [-0.2, 0) is 14.2 Å². The van der Waals surface area contributed by atoms with Gasteiger partial charge in [-0.3, -0.25) is 0 Å². The Morgan fingerprint density at radius 3 is 1.24 bits per heavy atom. The highest BCUT2D eigenvalue weighted by molar-refractivity contribution is 6.17. The van der Waals surface area contributed by atoms with E-state index in [1.165, 1.54) is 70.6 Å². The van der Waals surface area contributed by atoms with Crippen molar-refractivity contribution in [1.29, 1.82) is 0 Å². The van der Waals surface area contributed by atoms with Crippen LogP contribution in [0.15, 0.2) is 0 Å². The van der Waals surface area contributed by atoms with Gasteiger partial charge < -0.3 is 14.2 Å². The van der Waals surface area contributed by atoms with Crippen molar-refractivity contribution in [2.75, 3.05) is 25.7 Å². The fourth-order valence-electron chi connectivity index (χ4n) is 3.40. The van der Waals surface area contributed by atoms with Crippen LogP contribution in [0.5, 0.6) is 0 Å². The lowest BCUT2D eigenvalue weighted by Gasteiger charge is -2.34. The molecule has 0 fully saturated rings. The third kappa shape index (κ3) is 18.6. The van der Waals surface area contributed by atoms with Crippen molar-refractivity contribution in [3.8, 4) is 0 Å². The van der Waals surface area contributed by atoms with Gasteiger partial charge in [-0.1, -0.05) is 91.4 Å². The normalized spacial score (nSPS) is 12.0. The maximum Gasteiger partial charge on any atom is 0.282 e. The lowest BCUT2D eigenvalue weighted by atomic mass is 10.1. The number of rotatable bonds is 24.